The molecule has 182 valence electrons. The summed E-state index contributed by atoms with van der Waals surface area (Å²) in [6.45, 7) is 1.03. The molecule has 0 aliphatic heterocycles. The molecule has 4 aromatic rings. The molecule has 0 amide bonds. The number of rotatable bonds is 8. The Kier molecular flexibility index (Phi) is 7.10. The average Bonchev–Trinajstić information content (AvgIpc) is 3.23. The molecule has 0 saturated heterocycles. The lowest BCUT2D eigenvalue weighted by molar-refractivity contribution is 0.0515. The molecular weight excluding hydrogens is 473 g/mol. The van der Waals surface area contributed by atoms with Crippen LogP contribution in [-0.4, -0.2) is 33.9 Å². The van der Waals surface area contributed by atoms with Crippen LogP contribution in [0.4, 0.5) is 13.2 Å². The van der Waals surface area contributed by atoms with Gasteiger partial charge in [0.25, 0.3) is 0 Å². The highest BCUT2D eigenvalue weighted by Gasteiger charge is 2.31. The van der Waals surface area contributed by atoms with Gasteiger partial charge in [-0.25, -0.2) is 18.0 Å². The van der Waals surface area contributed by atoms with E-state index in [1.54, 1.807) is 6.92 Å². The maximum Gasteiger partial charge on any atom is 0.359 e. The molecule has 9 heteroatoms. The second kappa shape index (κ2) is 10.4. The topological polar surface area (TPSA) is 78.3 Å². The molecule has 0 fully saturated rings. The van der Waals surface area contributed by atoms with Gasteiger partial charge in [0.1, 0.15) is 24.0 Å². The number of carbonyl (C=O) groups is 3. The standard InChI is InChI=1S/C27H19F3N2O4/c1-2-36-27(35)24-23(26(34)18-8-5-11-21(30)14-18)25(17-7-4-10-20(29)13-17)32(31-24)15-22(33)16-6-3-9-19(28)12-16/h3-14H,2,15H2,1H3. The minimum Gasteiger partial charge on any atom is -0.461 e. The van der Waals surface area contributed by atoms with Crippen molar-refractivity contribution >= 4 is 17.5 Å². The van der Waals surface area contributed by atoms with Crippen molar-refractivity contribution in [1.29, 1.82) is 0 Å². The molecule has 3 aromatic carbocycles. The van der Waals surface area contributed by atoms with Gasteiger partial charge in [0, 0.05) is 16.7 Å². The molecule has 0 radical (unpaired) electrons. The van der Waals surface area contributed by atoms with Crippen LogP contribution in [-0.2, 0) is 11.3 Å². The quantitative estimate of drug-likeness (QED) is 0.248. The fraction of sp³-hybridized carbons (Fsp3) is 0.111. The monoisotopic (exact) mass is 492 g/mol. The average molecular weight is 492 g/mol. The number of benzene rings is 3. The molecule has 1 heterocycles. The molecule has 0 N–H and O–H groups in total. The second-order valence-electron chi connectivity index (χ2n) is 7.73. The fourth-order valence-corrected chi connectivity index (χ4v) is 3.73. The highest BCUT2D eigenvalue weighted by Crippen LogP contribution is 2.30. The Morgan fingerprint density at radius 1 is 0.833 bits per heavy atom. The van der Waals surface area contributed by atoms with E-state index in [2.05, 4.69) is 5.10 Å². The number of ether oxygens (including phenoxy) is 1. The first-order valence-corrected chi connectivity index (χ1v) is 10.9. The summed E-state index contributed by atoms with van der Waals surface area (Å²) in [5, 5.41) is 4.18. The fourth-order valence-electron chi connectivity index (χ4n) is 3.73. The summed E-state index contributed by atoms with van der Waals surface area (Å²) in [7, 11) is 0. The lowest BCUT2D eigenvalue weighted by Crippen LogP contribution is -2.14. The first-order valence-electron chi connectivity index (χ1n) is 10.9. The summed E-state index contributed by atoms with van der Waals surface area (Å²) in [4.78, 5) is 39.3. The van der Waals surface area contributed by atoms with E-state index in [-0.39, 0.29) is 34.6 Å². The maximum absolute atomic E-state index is 14.2. The van der Waals surface area contributed by atoms with E-state index >= 15 is 0 Å². The van der Waals surface area contributed by atoms with E-state index < -0.39 is 47.2 Å². The van der Waals surface area contributed by atoms with Crippen molar-refractivity contribution in [1.82, 2.24) is 9.78 Å². The Bertz CT molecular complexity index is 1480. The number of esters is 1. The third kappa shape index (κ3) is 5.10. The molecule has 1 aromatic heterocycles. The van der Waals surface area contributed by atoms with Crippen molar-refractivity contribution in [3.05, 3.63) is 113 Å². The van der Waals surface area contributed by atoms with Crippen LogP contribution < -0.4 is 0 Å². The zero-order valence-corrected chi connectivity index (χ0v) is 19.0. The van der Waals surface area contributed by atoms with Crippen LogP contribution in [0.1, 0.15) is 43.7 Å². The van der Waals surface area contributed by atoms with Gasteiger partial charge in [-0.2, -0.15) is 5.10 Å². The molecule has 0 atom stereocenters. The second-order valence-corrected chi connectivity index (χ2v) is 7.73. The van der Waals surface area contributed by atoms with Crippen molar-refractivity contribution in [2.45, 2.75) is 13.5 Å². The lowest BCUT2D eigenvalue weighted by Gasteiger charge is -2.10. The molecule has 0 unspecified atom stereocenters. The van der Waals surface area contributed by atoms with Crippen LogP contribution in [0.15, 0.2) is 72.8 Å². The number of nitrogens with zero attached hydrogens (tertiary/aromatic N) is 2. The summed E-state index contributed by atoms with van der Waals surface area (Å²) in [5.41, 5.74) is -0.656. The van der Waals surface area contributed by atoms with Crippen molar-refractivity contribution in [3.8, 4) is 11.3 Å². The van der Waals surface area contributed by atoms with E-state index in [0.29, 0.717) is 0 Å². The number of halogens is 3. The van der Waals surface area contributed by atoms with Gasteiger partial charge in [-0.1, -0.05) is 36.4 Å². The summed E-state index contributed by atoms with van der Waals surface area (Å²) in [5.74, 6) is -4.25. The first-order chi connectivity index (χ1) is 17.3. The van der Waals surface area contributed by atoms with Crippen LogP contribution in [0.2, 0.25) is 0 Å². The minimum absolute atomic E-state index is 0.0309. The predicted octanol–water partition coefficient (Wildman–Crippen LogP) is 5.26. The van der Waals surface area contributed by atoms with E-state index in [0.717, 1.165) is 28.9 Å². The number of hydrogen-bond donors (Lipinski definition) is 0. The number of Topliss-reactive ketones (excluding diaryl/α,β-unsaturated/α-hetero) is 1. The Morgan fingerprint density at radius 2 is 1.42 bits per heavy atom. The smallest absolute Gasteiger partial charge is 0.359 e. The number of hydrogen-bond acceptors (Lipinski definition) is 5. The predicted molar refractivity (Wildman–Crippen MR) is 124 cm³/mol. The van der Waals surface area contributed by atoms with E-state index in [1.807, 2.05) is 0 Å². The molecule has 0 aliphatic carbocycles. The Balaban J connectivity index is 1.94. The van der Waals surface area contributed by atoms with E-state index in [4.69, 9.17) is 4.74 Å². The van der Waals surface area contributed by atoms with Crippen LogP contribution >= 0.6 is 0 Å². The van der Waals surface area contributed by atoms with Crippen molar-refractivity contribution in [2.75, 3.05) is 6.61 Å². The SMILES string of the molecule is CCOC(=O)c1nn(CC(=O)c2cccc(F)c2)c(-c2cccc(F)c2)c1C(=O)c1cccc(F)c1. The van der Waals surface area contributed by atoms with Gasteiger partial charge < -0.3 is 4.74 Å². The first kappa shape index (κ1) is 24.6. The third-order valence-corrected chi connectivity index (χ3v) is 5.27. The summed E-state index contributed by atoms with van der Waals surface area (Å²) >= 11 is 0. The van der Waals surface area contributed by atoms with Gasteiger partial charge in [0.05, 0.1) is 17.9 Å². The molecule has 36 heavy (non-hydrogen) atoms. The van der Waals surface area contributed by atoms with Gasteiger partial charge in [-0.3, -0.25) is 14.3 Å². The Labute approximate surface area is 203 Å². The Hall–Kier alpha value is -4.53. The number of carbonyl (C=O) groups excluding carboxylic acids is 3. The summed E-state index contributed by atoms with van der Waals surface area (Å²) < 4.78 is 47.9. The van der Waals surface area contributed by atoms with Crippen LogP contribution in [0, 0.1) is 17.5 Å². The molecule has 0 saturated carbocycles. The van der Waals surface area contributed by atoms with Crippen LogP contribution in [0.3, 0.4) is 0 Å². The normalized spacial score (nSPS) is 10.8. The maximum atomic E-state index is 14.2. The van der Waals surface area contributed by atoms with Gasteiger partial charge in [0.15, 0.2) is 17.3 Å². The molecule has 0 bridgehead atoms. The zero-order chi connectivity index (χ0) is 25.8. The molecule has 6 nitrogen and oxygen atoms in total. The van der Waals surface area contributed by atoms with E-state index in [1.165, 1.54) is 48.5 Å². The summed E-state index contributed by atoms with van der Waals surface area (Å²) in [6.07, 6.45) is 0. The lowest BCUT2D eigenvalue weighted by atomic mass is 9.97. The van der Waals surface area contributed by atoms with Gasteiger partial charge in [-0.15, -0.1) is 0 Å². The molecule has 0 spiro atoms. The molecule has 4 rings (SSSR count). The zero-order valence-electron chi connectivity index (χ0n) is 19.0. The molecule has 0 aliphatic rings. The largest absolute Gasteiger partial charge is 0.461 e. The number of ketones is 2. The van der Waals surface area contributed by atoms with Crippen molar-refractivity contribution < 1.29 is 32.3 Å². The third-order valence-electron chi connectivity index (χ3n) is 5.27. The van der Waals surface area contributed by atoms with Crippen molar-refractivity contribution in [2.24, 2.45) is 0 Å². The molecular formula is C27H19F3N2O4. The number of aromatic nitrogens is 2. The van der Waals surface area contributed by atoms with Crippen LogP contribution in [0.25, 0.3) is 11.3 Å². The van der Waals surface area contributed by atoms with Gasteiger partial charge in [0.2, 0.25) is 0 Å². The minimum atomic E-state index is -0.952. The van der Waals surface area contributed by atoms with Crippen molar-refractivity contribution in [3.63, 3.8) is 0 Å². The van der Waals surface area contributed by atoms with Crippen LogP contribution in [0.5, 0.6) is 0 Å². The summed E-state index contributed by atoms with van der Waals surface area (Å²) in [6, 6.07) is 15.0. The van der Waals surface area contributed by atoms with E-state index in [9.17, 15) is 27.6 Å². The Morgan fingerprint density at radius 3 is 2.03 bits per heavy atom. The highest BCUT2D eigenvalue weighted by molar-refractivity contribution is 6.17. The van der Waals surface area contributed by atoms with Gasteiger partial charge >= 0.3 is 5.97 Å². The highest BCUT2D eigenvalue weighted by atomic mass is 19.1. The van der Waals surface area contributed by atoms with Gasteiger partial charge in [-0.05, 0) is 43.3 Å².